The van der Waals surface area contributed by atoms with E-state index in [1.54, 1.807) is 0 Å². The molecule has 2 heteroatoms. The summed E-state index contributed by atoms with van der Waals surface area (Å²) in [4.78, 5) is 0. The molecule has 0 aliphatic rings. The number of nitrogens with one attached hydrogen (secondary N) is 1. The van der Waals surface area contributed by atoms with Gasteiger partial charge in [0.05, 0.1) is 0 Å². The van der Waals surface area contributed by atoms with Crippen LogP contribution in [-0.4, -0.2) is 24.8 Å². The lowest BCUT2D eigenvalue weighted by molar-refractivity contribution is 0.277. The third-order valence-corrected chi connectivity index (χ3v) is 1.41. The van der Waals surface area contributed by atoms with E-state index in [-0.39, 0.29) is 6.61 Å². The Kier molecular flexibility index (Phi) is 6.55. The summed E-state index contributed by atoms with van der Waals surface area (Å²) in [6, 6.07) is 0.338. The average molecular weight is 143 g/mol. The highest BCUT2D eigenvalue weighted by atomic mass is 16.3. The minimum absolute atomic E-state index is 0.250. The van der Waals surface area contributed by atoms with Crippen LogP contribution in [0.1, 0.15) is 19.8 Å². The minimum atomic E-state index is 0.250. The van der Waals surface area contributed by atoms with E-state index in [4.69, 9.17) is 5.11 Å². The Morgan fingerprint density at radius 1 is 1.60 bits per heavy atom. The first-order valence-electron chi connectivity index (χ1n) is 3.80. The molecule has 0 saturated carbocycles. The molecule has 60 valence electrons. The van der Waals surface area contributed by atoms with E-state index >= 15 is 0 Å². The molecule has 0 aliphatic carbocycles. The molecule has 0 saturated heterocycles. The lowest BCUT2D eigenvalue weighted by Crippen LogP contribution is -2.23. The maximum atomic E-state index is 8.59. The highest BCUT2D eigenvalue weighted by Crippen LogP contribution is 1.92. The van der Waals surface area contributed by atoms with Crippen molar-refractivity contribution in [2.24, 2.45) is 0 Å². The van der Waals surface area contributed by atoms with Crippen LogP contribution in [0.4, 0.5) is 0 Å². The zero-order valence-electron chi connectivity index (χ0n) is 6.80. The van der Waals surface area contributed by atoms with E-state index in [9.17, 15) is 0 Å². The number of allylic oxidation sites excluding steroid dienone is 1. The molecule has 0 aromatic carbocycles. The molecule has 0 aliphatic heterocycles. The summed E-state index contributed by atoms with van der Waals surface area (Å²) in [5.74, 6) is 0. The van der Waals surface area contributed by atoms with Gasteiger partial charge in [-0.15, -0.1) is 0 Å². The van der Waals surface area contributed by atoms with Gasteiger partial charge in [0, 0.05) is 12.6 Å². The van der Waals surface area contributed by atoms with Gasteiger partial charge in [-0.25, -0.2) is 0 Å². The van der Waals surface area contributed by atoms with Gasteiger partial charge >= 0.3 is 0 Å². The topological polar surface area (TPSA) is 32.3 Å². The second kappa shape index (κ2) is 6.78. The Hall–Kier alpha value is -0.340. The number of likely N-dealkylation sites (N-methyl/N-ethyl adjacent to an activating group) is 1. The minimum Gasteiger partial charge on any atom is -0.396 e. The molecule has 0 heterocycles. The van der Waals surface area contributed by atoms with Crippen LogP contribution in [-0.2, 0) is 0 Å². The Bertz CT molecular complexity index is 91.3. The molecule has 0 fully saturated rings. The van der Waals surface area contributed by atoms with E-state index in [1.165, 1.54) is 0 Å². The van der Waals surface area contributed by atoms with Gasteiger partial charge in [-0.2, -0.15) is 0 Å². The molecule has 2 nitrogen and oxygen atoms in total. The summed E-state index contributed by atoms with van der Waals surface area (Å²) in [5, 5.41) is 11.7. The molecule has 0 aromatic heterocycles. The van der Waals surface area contributed by atoms with Crippen molar-refractivity contribution < 1.29 is 5.11 Å². The highest BCUT2D eigenvalue weighted by molar-refractivity contribution is 4.91. The molecular weight excluding hydrogens is 126 g/mol. The van der Waals surface area contributed by atoms with E-state index in [1.807, 2.05) is 7.05 Å². The maximum absolute atomic E-state index is 8.59. The second-order valence-electron chi connectivity index (χ2n) is 2.24. The number of aliphatic hydroxyl groups is 1. The summed E-state index contributed by atoms with van der Waals surface area (Å²) >= 11 is 0. The molecule has 0 unspecified atom stereocenters. The number of hydrogen-bond donors (Lipinski definition) is 2. The monoisotopic (exact) mass is 143 g/mol. The van der Waals surface area contributed by atoms with Gasteiger partial charge in [-0.05, 0) is 19.9 Å². The van der Waals surface area contributed by atoms with Crippen LogP contribution in [0.25, 0.3) is 0 Å². The van der Waals surface area contributed by atoms with Gasteiger partial charge in [0.25, 0.3) is 0 Å². The fourth-order valence-electron chi connectivity index (χ4n) is 0.776. The molecule has 0 amide bonds. The van der Waals surface area contributed by atoms with Gasteiger partial charge in [-0.3, -0.25) is 0 Å². The van der Waals surface area contributed by atoms with Crippen LogP contribution in [0.3, 0.4) is 0 Å². The molecule has 0 aromatic rings. The number of rotatable bonds is 5. The second-order valence-corrected chi connectivity index (χ2v) is 2.24. The normalized spacial score (nSPS) is 14.3. The predicted molar refractivity (Wildman–Crippen MR) is 44.0 cm³/mol. The van der Waals surface area contributed by atoms with Crippen molar-refractivity contribution in [3.63, 3.8) is 0 Å². The summed E-state index contributed by atoms with van der Waals surface area (Å²) in [7, 11) is 1.90. The van der Waals surface area contributed by atoms with Gasteiger partial charge in [0.1, 0.15) is 0 Å². The van der Waals surface area contributed by atoms with E-state index in [0.29, 0.717) is 6.04 Å². The third-order valence-electron chi connectivity index (χ3n) is 1.41. The predicted octanol–water partition coefficient (Wildman–Crippen LogP) is 0.923. The highest BCUT2D eigenvalue weighted by Gasteiger charge is 1.96. The molecular formula is C8H17NO. The molecule has 0 bridgehead atoms. The summed E-state index contributed by atoms with van der Waals surface area (Å²) in [6.45, 7) is 2.35. The Morgan fingerprint density at radius 3 is 2.70 bits per heavy atom. The largest absolute Gasteiger partial charge is 0.396 e. The Labute approximate surface area is 62.9 Å². The van der Waals surface area contributed by atoms with Crippen molar-refractivity contribution in [3.05, 3.63) is 12.2 Å². The first-order valence-corrected chi connectivity index (χ1v) is 3.80. The number of aliphatic hydroxyl groups excluding tert-OH is 1. The average Bonchev–Trinajstić information content (AvgIpc) is 1.98. The van der Waals surface area contributed by atoms with Crippen LogP contribution < -0.4 is 5.32 Å². The fraction of sp³-hybridized carbons (Fsp3) is 0.750. The van der Waals surface area contributed by atoms with Crippen molar-refractivity contribution in [2.45, 2.75) is 25.8 Å². The van der Waals surface area contributed by atoms with Crippen LogP contribution in [0.15, 0.2) is 12.2 Å². The van der Waals surface area contributed by atoms with Crippen molar-refractivity contribution >= 4 is 0 Å². The lowest BCUT2D eigenvalue weighted by atomic mass is 10.2. The molecule has 0 rings (SSSR count). The summed E-state index contributed by atoms with van der Waals surface area (Å²) < 4.78 is 0. The van der Waals surface area contributed by atoms with Crippen molar-refractivity contribution in [2.75, 3.05) is 13.7 Å². The van der Waals surface area contributed by atoms with E-state index in [0.717, 1.165) is 12.8 Å². The van der Waals surface area contributed by atoms with Crippen molar-refractivity contribution in [1.82, 2.24) is 5.32 Å². The SMILES string of the molecule is CC/C=C/[C@@H](CCO)NC. The van der Waals surface area contributed by atoms with Gasteiger partial charge in [0.2, 0.25) is 0 Å². The van der Waals surface area contributed by atoms with Crippen LogP contribution in [0, 0.1) is 0 Å². The molecule has 2 N–H and O–H groups in total. The summed E-state index contributed by atoms with van der Waals surface area (Å²) in [6.07, 6.45) is 6.06. The van der Waals surface area contributed by atoms with Crippen LogP contribution in [0.2, 0.25) is 0 Å². The van der Waals surface area contributed by atoms with Crippen LogP contribution in [0.5, 0.6) is 0 Å². The third kappa shape index (κ3) is 4.53. The fourth-order valence-corrected chi connectivity index (χ4v) is 0.776. The van der Waals surface area contributed by atoms with Crippen molar-refractivity contribution in [3.8, 4) is 0 Å². The first kappa shape index (κ1) is 9.66. The van der Waals surface area contributed by atoms with Gasteiger partial charge in [0.15, 0.2) is 0 Å². The van der Waals surface area contributed by atoms with E-state index in [2.05, 4.69) is 24.4 Å². The van der Waals surface area contributed by atoms with E-state index < -0.39 is 0 Å². The maximum Gasteiger partial charge on any atom is 0.0448 e. The molecule has 0 spiro atoms. The van der Waals surface area contributed by atoms with Crippen LogP contribution >= 0.6 is 0 Å². The molecule has 10 heavy (non-hydrogen) atoms. The number of hydrogen-bond acceptors (Lipinski definition) is 2. The van der Waals surface area contributed by atoms with Gasteiger partial charge < -0.3 is 10.4 Å². The molecule has 1 atom stereocenters. The lowest BCUT2D eigenvalue weighted by Gasteiger charge is -2.08. The van der Waals surface area contributed by atoms with Crippen molar-refractivity contribution in [1.29, 1.82) is 0 Å². The standard InChI is InChI=1S/C8H17NO/c1-3-4-5-8(9-2)6-7-10/h4-5,8-10H,3,6-7H2,1-2H3/b5-4+/t8-/m0/s1. The Morgan fingerprint density at radius 2 is 2.30 bits per heavy atom. The van der Waals surface area contributed by atoms with Gasteiger partial charge in [-0.1, -0.05) is 19.1 Å². The zero-order valence-corrected chi connectivity index (χ0v) is 6.80. The first-order chi connectivity index (χ1) is 4.85. The summed E-state index contributed by atoms with van der Waals surface area (Å²) in [5.41, 5.74) is 0. The quantitative estimate of drug-likeness (QED) is 0.561. The smallest absolute Gasteiger partial charge is 0.0448 e. The Balaban J connectivity index is 3.48. The zero-order chi connectivity index (χ0) is 7.82. The molecule has 0 radical (unpaired) electrons.